The van der Waals surface area contributed by atoms with Crippen molar-refractivity contribution in [3.63, 3.8) is 0 Å². The van der Waals surface area contributed by atoms with Gasteiger partial charge in [-0.3, -0.25) is 0 Å². The largest absolute Gasteiger partial charge is 0.243 e. The van der Waals surface area contributed by atoms with E-state index < -0.39 is 27.5 Å². The molecule has 0 spiro atoms. The molecular formula is C16H13ClF3NO2S. The van der Waals surface area contributed by atoms with E-state index in [9.17, 15) is 21.6 Å². The lowest BCUT2D eigenvalue weighted by Crippen LogP contribution is -2.33. The van der Waals surface area contributed by atoms with E-state index in [0.717, 1.165) is 16.4 Å². The highest BCUT2D eigenvalue weighted by molar-refractivity contribution is 7.89. The molecule has 24 heavy (non-hydrogen) atoms. The molecule has 2 aromatic rings. The van der Waals surface area contributed by atoms with Crippen LogP contribution in [0.4, 0.5) is 13.2 Å². The summed E-state index contributed by atoms with van der Waals surface area (Å²) in [4.78, 5) is -0.374. The quantitative estimate of drug-likeness (QED) is 0.788. The Kier molecular flexibility index (Phi) is 4.59. The van der Waals surface area contributed by atoms with Gasteiger partial charge in [0.15, 0.2) is 11.6 Å². The standard InChI is InChI=1S/C16H13ClF3NO2S/c17-13-2-1-3-14(18)12(13)9-21(10-4-5-10)24(22,23)11-6-7-15(19)16(20)8-11/h1-3,6-8,10H,4-5,9H2. The van der Waals surface area contributed by atoms with Crippen molar-refractivity contribution < 1.29 is 21.6 Å². The average molecular weight is 376 g/mol. The molecule has 0 bridgehead atoms. The Bertz CT molecular complexity index is 865. The van der Waals surface area contributed by atoms with E-state index in [0.29, 0.717) is 18.9 Å². The molecule has 0 amide bonds. The van der Waals surface area contributed by atoms with Gasteiger partial charge in [-0.2, -0.15) is 4.31 Å². The molecule has 0 aromatic heterocycles. The number of halogens is 4. The van der Waals surface area contributed by atoms with Gasteiger partial charge in [-0.1, -0.05) is 17.7 Å². The molecule has 0 saturated heterocycles. The lowest BCUT2D eigenvalue weighted by molar-refractivity contribution is 0.391. The Morgan fingerprint density at radius 3 is 2.33 bits per heavy atom. The third kappa shape index (κ3) is 3.29. The maximum atomic E-state index is 14.0. The second kappa shape index (κ2) is 6.38. The molecule has 0 heterocycles. The zero-order valence-electron chi connectivity index (χ0n) is 12.3. The van der Waals surface area contributed by atoms with Gasteiger partial charge >= 0.3 is 0 Å². The Morgan fingerprint density at radius 2 is 1.75 bits per heavy atom. The molecule has 1 fully saturated rings. The van der Waals surface area contributed by atoms with Crippen LogP contribution in [-0.4, -0.2) is 18.8 Å². The minimum atomic E-state index is -4.11. The summed E-state index contributed by atoms with van der Waals surface area (Å²) in [5, 5.41) is 0.112. The zero-order valence-corrected chi connectivity index (χ0v) is 13.9. The van der Waals surface area contributed by atoms with Gasteiger partial charge in [-0.15, -0.1) is 0 Å². The van der Waals surface area contributed by atoms with Crippen LogP contribution in [0.1, 0.15) is 18.4 Å². The second-order valence-electron chi connectivity index (χ2n) is 5.56. The first kappa shape index (κ1) is 17.3. The first-order valence-corrected chi connectivity index (χ1v) is 9.02. The lowest BCUT2D eigenvalue weighted by atomic mass is 10.2. The molecule has 8 heteroatoms. The molecule has 3 nitrogen and oxygen atoms in total. The molecule has 1 aliphatic carbocycles. The van der Waals surface area contributed by atoms with Gasteiger partial charge in [-0.05, 0) is 43.2 Å². The van der Waals surface area contributed by atoms with E-state index in [1.807, 2.05) is 0 Å². The molecule has 1 saturated carbocycles. The van der Waals surface area contributed by atoms with E-state index in [-0.39, 0.29) is 28.1 Å². The van der Waals surface area contributed by atoms with Crippen molar-refractivity contribution in [3.05, 3.63) is 64.4 Å². The predicted molar refractivity (Wildman–Crippen MR) is 83.5 cm³/mol. The smallest absolute Gasteiger partial charge is 0.207 e. The summed E-state index contributed by atoms with van der Waals surface area (Å²) >= 11 is 5.97. The van der Waals surface area contributed by atoms with Crippen LogP contribution in [0.3, 0.4) is 0 Å². The maximum absolute atomic E-state index is 14.0. The van der Waals surface area contributed by atoms with Crippen LogP contribution in [0.25, 0.3) is 0 Å². The van der Waals surface area contributed by atoms with Gasteiger partial charge in [0.05, 0.1) is 4.90 Å². The van der Waals surface area contributed by atoms with Crippen molar-refractivity contribution in [2.45, 2.75) is 30.3 Å². The summed E-state index contributed by atoms with van der Waals surface area (Å²) in [5.41, 5.74) is 0.0530. The number of hydrogen-bond donors (Lipinski definition) is 0. The summed E-state index contributed by atoms with van der Waals surface area (Å²) in [6.07, 6.45) is 1.24. The van der Waals surface area contributed by atoms with Crippen molar-refractivity contribution in [1.29, 1.82) is 0 Å². The number of hydrogen-bond acceptors (Lipinski definition) is 2. The molecule has 128 valence electrons. The van der Waals surface area contributed by atoms with Crippen molar-refractivity contribution in [1.82, 2.24) is 4.31 Å². The maximum Gasteiger partial charge on any atom is 0.243 e. The highest BCUT2D eigenvalue weighted by Gasteiger charge is 2.39. The number of nitrogens with zero attached hydrogens (tertiary/aromatic N) is 1. The van der Waals surface area contributed by atoms with Gasteiger partial charge < -0.3 is 0 Å². The monoisotopic (exact) mass is 375 g/mol. The van der Waals surface area contributed by atoms with Gasteiger partial charge in [0, 0.05) is 23.2 Å². The van der Waals surface area contributed by atoms with Crippen LogP contribution in [0.15, 0.2) is 41.3 Å². The van der Waals surface area contributed by atoms with Crippen LogP contribution in [0, 0.1) is 17.5 Å². The van der Waals surface area contributed by atoms with Crippen LogP contribution < -0.4 is 0 Å². The predicted octanol–water partition coefficient (Wildman–Crippen LogP) is 4.11. The molecule has 0 atom stereocenters. The number of sulfonamides is 1. The van der Waals surface area contributed by atoms with Crippen molar-refractivity contribution >= 4 is 21.6 Å². The fourth-order valence-electron chi connectivity index (χ4n) is 2.38. The molecular weight excluding hydrogens is 363 g/mol. The Balaban J connectivity index is 2.00. The molecule has 0 aliphatic heterocycles. The fraction of sp³-hybridized carbons (Fsp3) is 0.250. The average Bonchev–Trinajstić information content (AvgIpc) is 3.34. The SMILES string of the molecule is O=S(=O)(c1ccc(F)c(F)c1)N(Cc1c(F)cccc1Cl)C1CC1. The normalized spacial score (nSPS) is 15.0. The van der Waals surface area contributed by atoms with Crippen LogP contribution in [0.2, 0.25) is 5.02 Å². The first-order chi connectivity index (χ1) is 11.3. The third-order valence-electron chi connectivity index (χ3n) is 3.83. The minimum absolute atomic E-state index is 0.0530. The molecule has 3 rings (SSSR count). The highest BCUT2D eigenvalue weighted by atomic mass is 35.5. The third-order valence-corrected chi connectivity index (χ3v) is 6.08. The topological polar surface area (TPSA) is 37.4 Å². The van der Waals surface area contributed by atoms with Gasteiger partial charge in [0.1, 0.15) is 5.82 Å². The molecule has 0 unspecified atom stereocenters. The van der Waals surface area contributed by atoms with E-state index in [1.54, 1.807) is 0 Å². The number of rotatable bonds is 5. The van der Waals surface area contributed by atoms with Crippen LogP contribution >= 0.6 is 11.6 Å². The van der Waals surface area contributed by atoms with Crippen LogP contribution in [-0.2, 0) is 16.6 Å². The summed E-state index contributed by atoms with van der Waals surface area (Å²) < 4.78 is 67.1. The zero-order chi connectivity index (χ0) is 17.5. The fourth-order valence-corrected chi connectivity index (χ4v) is 4.27. The molecule has 2 aromatic carbocycles. The van der Waals surface area contributed by atoms with E-state index >= 15 is 0 Å². The Labute approximate surface area is 142 Å². The lowest BCUT2D eigenvalue weighted by Gasteiger charge is -2.23. The molecule has 1 aliphatic rings. The molecule has 0 N–H and O–H groups in total. The van der Waals surface area contributed by atoms with E-state index in [2.05, 4.69) is 0 Å². The number of benzene rings is 2. The summed E-state index contributed by atoms with van der Waals surface area (Å²) in [7, 11) is -4.11. The highest BCUT2D eigenvalue weighted by Crippen LogP contribution is 2.35. The van der Waals surface area contributed by atoms with Gasteiger partial charge in [0.2, 0.25) is 10.0 Å². The minimum Gasteiger partial charge on any atom is -0.207 e. The van der Waals surface area contributed by atoms with Gasteiger partial charge in [0.25, 0.3) is 0 Å². The summed E-state index contributed by atoms with van der Waals surface area (Å²) in [5.74, 6) is -3.01. The van der Waals surface area contributed by atoms with Crippen molar-refractivity contribution in [3.8, 4) is 0 Å². The van der Waals surface area contributed by atoms with Gasteiger partial charge in [-0.25, -0.2) is 21.6 Å². The van der Waals surface area contributed by atoms with Crippen molar-refractivity contribution in [2.75, 3.05) is 0 Å². The first-order valence-electron chi connectivity index (χ1n) is 7.20. The molecule has 0 radical (unpaired) electrons. The van der Waals surface area contributed by atoms with Crippen LogP contribution in [0.5, 0.6) is 0 Å². The van der Waals surface area contributed by atoms with Crippen molar-refractivity contribution in [2.24, 2.45) is 0 Å². The summed E-state index contributed by atoms with van der Waals surface area (Å²) in [6.45, 7) is -0.266. The Morgan fingerprint density at radius 1 is 1.04 bits per heavy atom. The van der Waals surface area contributed by atoms with E-state index in [4.69, 9.17) is 11.6 Å². The summed E-state index contributed by atoms with van der Waals surface area (Å²) in [6, 6.07) is 6.15. The second-order valence-corrected chi connectivity index (χ2v) is 7.86. The Hall–Kier alpha value is -1.57. The van der Waals surface area contributed by atoms with E-state index in [1.165, 1.54) is 18.2 Å².